The molecule has 0 heterocycles. The smallest absolute Gasteiger partial charge is 0.160 e. The fourth-order valence-corrected chi connectivity index (χ4v) is 2.16. The maximum Gasteiger partial charge on any atom is 0.160 e. The first kappa shape index (κ1) is 10.9. The summed E-state index contributed by atoms with van der Waals surface area (Å²) in [4.78, 5) is 11.5. The fraction of sp³-hybridized carbons (Fsp3) is 0.267. The Kier molecular flexibility index (Phi) is 3.04. The van der Waals surface area contributed by atoms with Crippen LogP contribution in [0.25, 0.3) is 10.8 Å². The average Bonchev–Trinajstić information content (AvgIpc) is 2.29. The molecule has 0 atom stereocenters. The van der Waals surface area contributed by atoms with Gasteiger partial charge in [0.25, 0.3) is 0 Å². The number of carbonyl (C=O) groups excluding carboxylic acids is 1. The Hall–Kier alpha value is -1.63. The van der Waals surface area contributed by atoms with Crippen LogP contribution in [0.15, 0.2) is 36.4 Å². The minimum absolute atomic E-state index is 0.138. The van der Waals surface area contributed by atoms with Crippen molar-refractivity contribution in [3.05, 3.63) is 47.5 Å². The van der Waals surface area contributed by atoms with E-state index in [1.54, 1.807) is 6.92 Å². The lowest BCUT2D eigenvalue weighted by atomic mass is 9.96. The normalized spacial score (nSPS) is 10.6. The van der Waals surface area contributed by atoms with Gasteiger partial charge in [0.1, 0.15) is 0 Å². The Morgan fingerprint density at radius 1 is 1.06 bits per heavy atom. The van der Waals surface area contributed by atoms with Crippen LogP contribution in [0.4, 0.5) is 0 Å². The van der Waals surface area contributed by atoms with Crippen LogP contribution in [-0.4, -0.2) is 5.78 Å². The van der Waals surface area contributed by atoms with Gasteiger partial charge in [0.2, 0.25) is 0 Å². The predicted octanol–water partition coefficient (Wildman–Crippen LogP) is 3.99. The number of ketones is 1. The molecular weight excluding hydrogens is 196 g/mol. The maximum atomic E-state index is 11.5. The van der Waals surface area contributed by atoms with Crippen LogP contribution in [-0.2, 0) is 6.42 Å². The van der Waals surface area contributed by atoms with Crippen LogP contribution >= 0.6 is 0 Å². The molecule has 2 aromatic carbocycles. The molecule has 1 nitrogen and oxygen atoms in total. The highest BCUT2D eigenvalue weighted by Crippen LogP contribution is 2.24. The topological polar surface area (TPSA) is 17.1 Å². The first-order valence-electron chi connectivity index (χ1n) is 5.75. The molecule has 0 amide bonds. The zero-order valence-corrected chi connectivity index (χ0v) is 9.79. The van der Waals surface area contributed by atoms with Gasteiger partial charge in [0.05, 0.1) is 0 Å². The molecule has 0 aliphatic carbocycles. The summed E-state index contributed by atoms with van der Waals surface area (Å²) in [5.41, 5.74) is 2.17. The molecule has 0 N–H and O–H groups in total. The minimum Gasteiger partial charge on any atom is -0.294 e. The van der Waals surface area contributed by atoms with Crippen LogP contribution < -0.4 is 0 Å². The van der Waals surface area contributed by atoms with Gasteiger partial charge in [-0.1, -0.05) is 49.7 Å². The summed E-state index contributed by atoms with van der Waals surface area (Å²) in [6.45, 7) is 3.80. The van der Waals surface area contributed by atoms with Crippen molar-refractivity contribution in [3.63, 3.8) is 0 Å². The van der Waals surface area contributed by atoms with Gasteiger partial charge in [-0.15, -0.1) is 0 Å². The van der Waals surface area contributed by atoms with Gasteiger partial charge in [0.15, 0.2) is 5.78 Å². The van der Waals surface area contributed by atoms with Crippen LogP contribution in [0.2, 0.25) is 0 Å². The molecule has 16 heavy (non-hydrogen) atoms. The fourth-order valence-electron chi connectivity index (χ4n) is 2.16. The van der Waals surface area contributed by atoms with Crippen molar-refractivity contribution < 1.29 is 4.79 Å². The van der Waals surface area contributed by atoms with Gasteiger partial charge < -0.3 is 0 Å². The summed E-state index contributed by atoms with van der Waals surface area (Å²) >= 11 is 0. The quantitative estimate of drug-likeness (QED) is 0.703. The molecule has 0 aliphatic heterocycles. The SMILES string of the molecule is CCCc1ccc(C(C)=O)c2ccccc12. The van der Waals surface area contributed by atoms with Gasteiger partial charge in [-0.25, -0.2) is 0 Å². The number of carbonyl (C=O) groups is 1. The van der Waals surface area contributed by atoms with Gasteiger partial charge >= 0.3 is 0 Å². The molecule has 2 rings (SSSR count). The summed E-state index contributed by atoms with van der Waals surface area (Å²) in [7, 11) is 0. The van der Waals surface area contributed by atoms with Crippen LogP contribution in [0, 0.1) is 0 Å². The van der Waals surface area contributed by atoms with Crippen molar-refractivity contribution in [1.82, 2.24) is 0 Å². The molecule has 0 aromatic heterocycles. The lowest BCUT2D eigenvalue weighted by molar-refractivity contribution is 0.101. The lowest BCUT2D eigenvalue weighted by Gasteiger charge is -2.08. The molecule has 0 aliphatic rings. The lowest BCUT2D eigenvalue weighted by Crippen LogP contribution is -1.96. The van der Waals surface area contributed by atoms with Crippen molar-refractivity contribution in [1.29, 1.82) is 0 Å². The van der Waals surface area contributed by atoms with Crippen molar-refractivity contribution >= 4 is 16.6 Å². The van der Waals surface area contributed by atoms with E-state index in [2.05, 4.69) is 19.1 Å². The molecule has 0 bridgehead atoms. The van der Waals surface area contributed by atoms with E-state index in [-0.39, 0.29) is 5.78 Å². The number of aryl methyl sites for hydroxylation is 1. The molecule has 0 fully saturated rings. The van der Waals surface area contributed by atoms with Crippen LogP contribution in [0.5, 0.6) is 0 Å². The number of benzene rings is 2. The van der Waals surface area contributed by atoms with Crippen LogP contribution in [0.3, 0.4) is 0 Å². The highest BCUT2D eigenvalue weighted by atomic mass is 16.1. The molecule has 0 unspecified atom stereocenters. The summed E-state index contributed by atoms with van der Waals surface area (Å²) < 4.78 is 0. The second kappa shape index (κ2) is 4.48. The highest BCUT2D eigenvalue weighted by Gasteiger charge is 2.07. The van der Waals surface area contributed by atoms with Crippen LogP contribution in [0.1, 0.15) is 36.2 Å². The van der Waals surface area contributed by atoms with E-state index < -0.39 is 0 Å². The number of rotatable bonds is 3. The van der Waals surface area contributed by atoms with E-state index in [9.17, 15) is 4.79 Å². The summed E-state index contributed by atoms with van der Waals surface area (Å²) in [6.07, 6.45) is 2.20. The van der Waals surface area contributed by atoms with Gasteiger partial charge in [-0.05, 0) is 29.7 Å². The first-order valence-corrected chi connectivity index (χ1v) is 5.75. The standard InChI is InChI=1S/C15H16O/c1-3-6-12-9-10-13(11(2)16)15-8-5-4-7-14(12)15/h4-5,7-10H,3,6H2,1-2H3. The molecular formula is C15H16O. The third kappa shape index (κ3) is 1.85. The van der Waals surface area contributed by atoms with Crippen molar-refractivity contribution in [2.75, 3.05) is 0 Å². The van der Waals surface area contributed by atoms with Crippen molar-refractivity contribution in [2.45, 2.75) is 26.7 Å². The zero-order chi connectivity index (χ0) is 11.5. The Bertz CT molecular complexity index is 526. The number of fused-ring (bicyclic) bond motifs is 1. The average molecular weight is 212 g/mol. The minimum atomic E-state index is 0.138. The first-order chi connectivity index (χ1) is 7.74. The molecule has 2 aromatic rings. The van der Waals surface area contributed by atoms with Crippen molar-refractivity contribution in [3.8, 4) is 0 Å². The second-order valence-electron chi connectivity index (χ2n) is 4.12. The highest BCUT2D eigenvalue weighted by molar-refractivity contribution is 6.07. The van der Waals surface area contributed by atoms with Gasteiger partial charge in [-0.3, -0.25) is 4.79 Å². The Morgan fingerprint density at radius 3 is 2.38 bits per heavy atom. The Labute approximate surface area is 96.1 Å². The maximum absolute atomic E-state index is 11.5. The molecule has 0 saturated heterocycles. The predicted molar refractivity (Wildman–Crippen MR) is 67.9 cm³/mol. The van der Waals surface area contributed by atoms with Gasteiger partial charge in [0, 0.05) is 5.56 Å². The number of Topliss-reactive ketones (excluding diaryl/α,β-unsaturated/α-hetero) is 1. The van der Waals surface area contributed by atoms with E-state index in [0.29, 0.717) is 0 Å². The third-order valence-corrected chi connectivity index (χ3v) is 2.91. The Morgan fingerprint density at radius 2 is 1.75 bits per heavy atom. The van der Waals surface area contributed by atoms with E-state index >= 15 is 0 Å². The third-order valence-electron chi connectivity index (χ3n) is 2.91. The number of hydrogen-bond acceptors (Lipinski definition) is 1. The molecule has 82 valence electrons. The molecule has 0 radical (unpaired) electrons. The monoisotopic (exact) mass is 212 g/mol. The van der Waals surface area contributed by atoms with Gasteiger partial charge in [-0.2, -0.15) is 0 Å². The zero-order valence-electron chi connectivity index (χ0n) is 9.79. The van der Waals surface area contributed by atoms with E-state index in [1.165, 1.54) is 10.9 Å². The second-order valence-corrected chi connectivity index (χ2v) is 4.12. The van der Waals surface area contributed by atoms with Crippen molar-refractivity contribution in [2.24, 2.45) is 0 Å². The summed E-state index contributed by atoms with van der Waals surface area (Å²) in [5.74, 6) is 0.138. The molecule has 0 saturated carbocycles. The number of hydrogen-bond donors (Lipinski definition) is 0. The van der Waals surface area contributed by atoms with E-state index in [0.717, 1.165) is 23.8 Å². The van der Waals surface area contributed by atoms with E-state index in [4.69, 9.17) is 0 Å². The van der Waals surface area contributed by atoms with E-state index in [1.807, 2.05) is 24.3 Å². The molecule has 1 heteroatoms. The largest absolute Gasteiger partial charge is 0.294 e. The Balaban J connectivity index is 2.71. The molecule has 0 spiro atoms. The summed E-state index contributed by atoms with van der Waals surface area (Å²) in [5, 5.41) is 2.30. The summed E-state index contributed by atoms with van der Waals surface area (Å²) in [6, 6.07) is 12.2.